The van der Waals surface area contributed by atoms with E-state index in [2.05, 4.69) is 214 Å². The highest BCUT2D eigenvalue weighted by Gasteiger charge is 2.20. The monoisotopic (exact) mass is 1060 g/mol. The molecule has 0 bridgehead atoms. The summed E-state index contributed by atoms with van der Waals surface area (Å²) in [5, 5.41) is 8.58. The molecule has 10 heteroatoms. The van der Waals surface area contributed by atoms with Gasteiger partial charge in [0.05, 0.1) is 12.1 Å². The number of aromatic nitrogens is 2. The minimum Gasteiger partial charge on any atom is -0.345 e. The Bertz CT molecular complexity index is 3700. The zero-order valence-electron chi connectivity index (χ0n) is 46.5. The number of carbonyl (C=O) groups is 2. The van der Waals surface area contributed by atoms with Crippen LogP contribution in [0.3, 0.4) is 0 Å². The lowest BCUT2D eigenvalue weighted by atomic mass is 9.82. The zero-order chi connectivity index (χ0) is 57.2. The molecule has 0 radical (unpaired) electrons. The Labute approximate surface area is 469 Å². The number of aryl methyl sites for hydroxylation is 2. The molecule has 0 aliphatic rings. The largest absolute Gasteiger partial charge is 0.373 e. The average Bonchev–Trinajstić information content (AvgIpc) is 4.03. The molecule has 0 fully saturated rings. The van der Waals surface area contributed by atoms with Gasteiger partial charge in [-0.25, -0.2) is 0 Å². The molecule has 2 aromatic heterocycles. The van der Waals surface area contributed by atoms with Crippen molar-refractivity contribution in [2.45, 2.75) is 91.9 Å². The van der Waals surface area contributed by atoms with E-state index in [-0.39, 0.29) is 41.6 Å². The van der Waals surface area contributed by atoms with Gasteiger partial charge in [-0.1, -0.05) is 198 Å². The van der Waals surface area contributed by atoms with E-state index in [1.165, 1.54) is 50.3 Å². The van der Waals surface area contributed by atoms with Crippen LogP contribution in [0.15, 0.2) is 212 Å². The van der Waals surface area contributed by atoms with Crippen LogP contribution in [0.5, 0.6) is 0 Å². The molecule has 80 heavy (non-hydrogen) atoms. The van der Waals surface area contributed by atoms with Gasteiger partial charge >= 0.3 is 12.3 Å². The number of benzene rings is 8. The molecule has 404 valence electrons. The first-order chi connectivity index (χ1) is 38.7. The van der Waals surface area contributed by atoms with Gasteiger partial charge in [0.15, 0.2) is 0 Å². The number of rotatable bonds is 14. The molecule has 2 unspecified atom stereocenters. The highest BCUT2D eigenvalue weighted by atomic mass is 16.2. The van der Waals surface area contributed by atoms with Crippen LogP contribution in [0.2, 0.25) is 0 Å². The van der Waals surface area contributed by atoms with E-state index in [9.17, 15) is 9.59 Å². The van der Waals surface area contributed by atoms with Crippen molar-refractivity contribution in [1.82, 2.24) is 19.8 Å². The third-order valence-electron chi connectivity index (χ3n) is 14.3. The fraction of sp³-hybridized carbons (Fsp3) is 0.200. The number of nitrogens with zero attached hydrogens (tertiary/aromatic N) is 2. The highest BCUT2D eigenvalue weighted by molar-refractivity contribution is 5.99. The minimum atomic E-state index is -0.0378. The Morgan fingerprint density at radius 3 is 1.21 bits per heavy atom. The SMILES string of the molecule is CCC(NC(=O)c1ccc2c(c1)cc(C)n2Cc1ccc(-c2ccccc2)cc1)c1ccccc1.CCC(NC(=O)c1ccc2c(c1)cc(C)n2Cc1ccc(-c2ccccc2C(C)(C)C)cc1)c1ccccc1.O=C=O.O=C=O. The van der Waals surface area contributed by atoms with Crippen molar-refractivity contribution in [3.05, 3.63) is 263 Å². The topological polar surface area (TPSA) is 136 Å². The van der Waals surface area contributed by atoms with Crippen LogP contribution in [0.1, 0.15) is 119 Å². The van der Waals surface area contributed by atoms with Crippen LogP contribution in [-0.4, -0.2) is 33.3 Å². The molecule has 0 saturated carbocycles. The minimum absolute atomic E-state index is 0.000864. The number of amides is 2. The second-order valence-corrected chi connectivity index (χ2v) is 20.7. The molecule has 0 aliphatic carbocycles. The molecule has 0 aliphatic heterocycles. The van der Waals surface area contributed by atoms with Crippen molar-refractivity contribution >= 4 is 45.9 Å². The first kappa shape index (κ1) is 58.2. The third-order valence-corrected chi connectivity index (χ3v) is 14.3. The predicted molar refractivity (Wildman–Crippen MR) is 318 cm³/mol. The quantitative estimate of drug-likeness (QED) is 0.111. The first-order valence-corrected chi connectivity index (χ1v) is 26.9. The summed E-state index contributed by atoms with van der Waals surface area (Å²) >= 11 is 0. The van der Waals surface area contributed by atoms with E-state index in [4.69, 9.17) is 19.2 Å². The number of carbonyl (C=O) groups excluding carboxylic acids is 6. The molecule has 2 amide bonds. The average molecular weight is 1060 g/mol. The van der Waals surface area contributed by atoms with E-state index < -0.39 is 0 Å². The maximum Gasteiger partial charge on any atom is 0.373 e. The number of nitrogens with one attached hydrogen (secondary N) is 2. The number of hydrogen-bond acceptors (Lipinski definition) is 6. The zero-order valence-corrected chi connectivity index (χ0v) is 46.5. The predicted octanol–water partition coefficient (Wildman–Crippen LogP) is 15.2. The van der Waals surface area contributed by atoms with Crippen molar-refractivity contribution in [1.29, 1.82) is 0 Å². The standard InChI is InChI=1S/C36H38N2O.C32H30N2O.2CO2/c1-6-33(28-12-8-7-9-13-28)37-35(39)29-20-21-34-30(23-29)22-25(2)38(34)24-26-16-18-27(19-17-26)31-14-10-11-15-32(31)36(3,4)5;1-3-30(27-12-8-5-9-13-27)33-32(35)28-18-19-31-29(21-28)20-23(2)34(31)22-24-14-16-26(17-15-24)25-10-6-4-7-11-25;2*2-1-3/h7-23,33H,6,24H2,1-5H3,(H,37,39);4-21,30H,3,22H2,1-2H3,(H,33,35);;. The van der Waals surface area contributed by atoms with Crippen LogP contribution >= 0.6 is 0 Å². The fourth-order valence-electron chi connectivity index (χ4n) is 10.2. The van der Waals surface area contributed by atoms with Gasteiger partial charge in [0.25, 0.3) is 11.8 Å². The summed E-state index contributed by atoms with van der Waals surface area (Å²) in [6.45, 7) is 16.8. The van der Waals surface area contributed by atoms with Gasteiger partial charge in [0.1, 0.15) is 0 Å². The molecule has 0 saturated heterocycles. The molecule has 2 atom stereocenters. The Morgan fingerprint density at radius 2 is 0.812 bits per heavy atom. The fourth-order valence-corrected chi connectivity index (χ4v) is 10.2. The summed E-state index contributed by atoms with van der Waals surface area (Å²) in [5.41, 5.74) is 17.2. The van der Waals surface area contributed by atoms with Crippen LogP contribution in [0.4, 0.5) is 0 Å². The van der Waals surface area contributed by atoms with Gasteiger partial charge < -0.3 is 19.8 Å². The van der Waals surface area contributed by atoms with Crippen molar-refractivity contribution in [2.75, 3.05) is 0 Å². The lowest BCUT2D eigenvalue weighted by molar-refractivity contribution is -0.193. The van der Waals surface area contributed by atoms with Crippen LogP contribution in [0, 0.1) is 13.8 Å². The Balaban J connectivity index is 0.000000211. The van der Waals surface area contributed by atoms with Crippen molar-refractivity contribution in [3.8, 4) is 22.3 Å². The molecule has 0 spiro atoms. The van der Waals surface area contributed by atoms with E-state index in [1.54, 1.807) is 0 Å². The second kappa shape index (κ2) is 27.7. The molecule has 10 rings (SSSR count). The maximum atomic E-state index is 13.1. The Hall–Kier alpha value is -9.46. The van der Waals surface area contributed by atoms with E-state index in [0.29, 0.717) is 11.1 Å². The van der Waals surface area contributed by atoms with Crippen molar-refractivity contribution < 1.29 is 28.8 Å². The highest BCUT2D eigenvalue weighted by Crippen LogP contribution is 2.34. The van der Waals surface area contributed by atoms with Gasteiger partial charge in [-0.2, -0.15) is 19.2 Å². The molecule has 2 heterocycles. The normalized spacial score (nSPS) is 11.5. The van der Waals surface area contributed by atoms with Gasteiger partial charge in [-0.05, 0) is 131 Å². The summed E-state index contributed by atoms with van der Waals surface area (Å²) in [6, 6.07) is 73.5. The van der Waals surface area contributed by atoms with Gasteiger partial charge in [-0.3, -0.25) is 9.59 Å². The first-order valence-electron chi connectivity index (χ1n) is 26.9. The van der Waals surface area contributed by atoms with Gasteiger partial charge in [0, 0.05) is 57.4 Å². The smallest absolute Gasteiger partial charge is 0.345 e. The maximum absolute atomic E-state index is 13.1. The number of fused-ring (bicyclic) bond motifs is 2. The third kappa shape index (κ3) is 14.8. The van der Waals surface area contributed by atoms with Gasteiger partial charge in [0.2, 0.25) is 0 Å². The summed E-state index contributed by atoms with van der Waals surface area (Å²) in [6.07, 6.45) is 2.19. The van der Waals surface area contributed by atoms with Gasteiger partial charge in [-0.15, -0.1) is 0 Å². The summed E-state index contributed by atoms with van der Waals surface area (Å²) < 4.78 is 4.64. The molecule has 10 nitrogen and oxygen atoms in total. The molecule has 2 N–H and O–H groups in total. The van der Waals surface area contributed by atoms with E-state index >= 15 is 0 Å². The van der Waals surface area contributed by atoms with E-state index in [0.717, 1.165) is 58.9 Å². The number of hydrogen-bond donors (Lipinski definition) is 2. The molecular weight excluding hydrogens is 993 g/mol. The summed E-state index contributed by atoms with van der Waals surface area (Å²) in [7, 11) is 0. The lowest BCUT2D eigenvalue weighted by Gasteiger charge is -2.23. The summed E-state index contributed by atoms with van der Waals surface area (Å²) in [4.78, 5) is 58.7. The summed E-state index contributed by atoms with van der Waals surface area (Å²) in [5.74, 6) is -0.0753. The van der Waals surface area contributed by atoms with Crippen LogP contribution < -0.4 is 10.6 Å². The van der Waals surface area contributed by atoms with Crippen LogP contribution in [-0.2, 0) is 37.7 Å². The van der Waals surface area contributed by atoms with Crippen LogP contribution in [0.25, 0.3) is 44.1 Å². The molecule has 8 aromatic carbocycles. The molecule has 10 aromatic rings. The Morgan fingerprint density at radius 1 is 0.450 bits per heavy atom. The van der Waals surface area contributed by atoms with E-state index in [1.807, 2.05) is 66.7 Å². The second-order valence-electron chi connectivity index (χ2n) is 20.7. The van der Waals surface area contributed by atoms with Crippen molar-refractivity contribution in [3.63, 3.8) is 0 Å². The Kier molecular flexibility index (Phi) is 20.2. The molecular formula is C70H68N4O6. The van der Waals surface area contributed by atoms with Crippen molar-refractivity contribution in [2.24, 2.45) is 0 Å². The lowest BCUT2D eigenvalue weighted by Crippen LogP contribution is -2.28.